The molecule has 1 fully saturated rings. The maximum absolute atomic E-state index is 12.2. The second-order valence-corrected chi connectivity index (χ2v) is 9.56. The lowest BCUT2D eigenvalue weighted by Crippen LogP contribution is -2.50. The molecule has 34 heavy (non-hydrogen) atoms. The van der Waals surface area contributed by atoms with E-state index in [9.17, 15) is 10.1 Å². The molecular weight excluding hydrogens is 430 g/mol. The van der Waals surface area contributed by atoms with Gasteiger partial charge in [-0.3, -0.25) is 9.67 Å². The molecule has 172 valence electrons. The fraction of sp³-hybridized carbons (Fsp3) is 0.320. The fourth-order valence-corrected chi connectivity index (χ4v) is 4.10. The van der Waals surface area contributed by atoms with Crippen LogP contribution < -0.4 is 0 Å². The molecule has 1 aliphatic heterocycles. The number of fused-ring (bicyclic) bond motifs is 1. The number of pyridine rings is 2. The molecule has 9 nitrogen and oxygen atoms in total. The van der Waals surface area contributed by atoms with Gasteiger partial charge >= 0.3 is 6.09 Å². The molecule has 1 amide bonds. The molecule has 0 saturated carbocycles. The number of amides is 1. The summed E-state index contributed by atoms with van der Waals surface area (Å²) in [5, 5.41) is 18.3. The zero-order valence-corrected chi connectivity index (χ0v) is 19.6. The van der Waals surface area contributed by atoms with E-state index >= 15 is 0 Å². The zero-order valence-electron chi connectivity index (χ0n) is 19.6. The molecule has 0 aromatic carbocycles. The van der Waals surface area contributed by atoms with Crippen LogP contribution in [0.3, 0.4) is 0 Å². The number of aromatic nitrogens is 5. The third-order valence-corrected chi connectivity index (χ3v) is 5.82. The second kappa shape index (κ2) is 7.99. The van der Waals surface area contributed by atoms with Gasteiger partial charge in [0.2, 0.25) is 0 Å². The first-order valence-electron chi connectivity index (χ1n) is 11.1. The van der Waals surface area contributed by atoms with E-state index in [1.165, 1.54) is 0 Å². The number of likely N-dealkylation sites (tertiary alicyclic amines) is 1. The predicted octanol–water partition coefficient (Wildman–Crippen LogP) is 4.00. The maximum Gasteiger partial charge on any atom is 0.410 e. The second-order valence-electron chi connectivity index (χ2n) is 9.56. The Morgan fingerprint density at radius 1 is 1.09 bits per heavy atom. The van der Waals surface area contributed by atoms with Gasteiger partial charge in [0, 0.05) is 72.6 Å². The first kappa shape index (κ1) is 21.6. The van der Waals surface area contributed by atoms with Crippen LogP contribution >= 0.6 is 0 Å². The van der Waals surface area contributed by atoms with Crippen LogP contribution in [0.25, 0.3) is 27.8 Å². The average Bonchev–Trinajstić information content (AvgIpc) is 3.37. The number of carbonyl (C=O) groups is 1. The van der Waals surface area contributed by atoms with E-state index in [2.05, 4.69) is 16.3 Å². The number of hydrogen-bond donors (Lipinski definition) is 0. The number of nitrogens with zero attached hydrogens (tertiary/aromatic N) is 7. The number of hydrogen-bond acceptors (Lipinski definition) is 6. The van der Waals surface area contributed by atoms with Crippen LogP contribution in [0.1, 0.15) is 37.9 Å². The molecule has 0 radical (unpaired) electrons. The standard InChI is InChI=1S/C25H25N7O2/c1-25(2,3)34-24(33)31-13-20(14-31)22-6-5-16(9-27-22)21-7-17(19-11-28-30(4)12-19)15-32-23(21)18(8-26)10-29-32/h5-7,9-12,15,20H,13-14H2,1-4H3. The highest BCUT2D eigenvalue weighted by atomic mass is 16.6. The van der Waals surface area contributed by atoms with Crippen molar-refractivity contribution in [1.82, 2.24) is 29.3 Å². The Bertz CT molecular complexity index is 1410. The monoisotopic (exact) mass is 455 g/mol. The Labute approximate surface area is 197 Å². The molecule has 1 aliphatic rings. The summed E-state index contributed by atoms with van der Waals surface area (Å²) in [6.07, 6.45) is 8.75. The highest BCUT2D eigenvalue weighted by Crippen LogP contribution is 2.33. The molecule has 1 saturated heterocycles. The van der Waals surface area contributed by atoms with E-state index in [1.807, 2.05) is 64.6 Å². The zero-order chi connectivity index (χ0) is 24.0. The van der Waals surface area contributed by atoms with Gasteiger partial charge in [-0.05, 0) is 32.9 Å². The summed E-state index contributed by atoms with van der Waals surface area (Å²) in [7, 11) is 1.87. The summed E-state index contributed by atoms with van der Waals surface area (Å²) >= 11 is 0. The Morgan fingerprint density at radius 2 is 1.88 bits per heavy atom. The summed E-state index contributed by atoms with van der Waals surface area (Å²) < 4.78 is 8.91. The van der Waals surface area contributed by atoms with E-state index in [0.717, 1.165) is 33.5 Å². The summed E-state index contributed by atoms with van der Waals surface area (Å²) in [5.41, 5.74) is 5.33. The summed E-state index contributed by atoms with van der Waals surface area (Å²) in [6, 6.07) is 8.27. The lowest BCUT2D eigenvalue weighted by molar-refractivity contribution is 0.00787. The SMILES string of the molecule is Cn1cc(-c2cc(-c3ccc(C4CN(C(=O)OC(C)(C)C)C4)nc3)c3c(C#N)cnn3c2)cn1. The molecule has 0 bridgehead atoms. The van der Waals surface area contributed by atoms with Gasteiger partial charge in [-0.2, -0.15) is 15.5 Å². The van der Waals surface area contributed by atoms with Gasteiger partial charge in [0.1, 0.15) is 11.7 Å². The van der Waals surface area contributed by atoms with Crippen molar-refractivity contribution < 1.29 is 9.53 Å². The first-order chi connectivity index (χ1) is 16.2. The van der Waals surface area contributed by atoms with Crippen molar-refractivity contribution in [2.75, 3.05) is 13.1 Å². The first-order valence-corrected chi connectivity index (χ1v) is 11.1. The van der Waals surface area contributed by atoms with Gasteiger partial charge < -0.3 is 9.64 Å². The Kier molecular flexibility index (Phi) is 5.09. The molecule has 5 rings (SSSR count). The van der Waals surface area contributed by atoms with Gasteiger partial charge in [0.25, 0.3) is 0 Å². The normalized spacial score (nSPS) is 14.1. The molecule has 0 spiro atoms. The van der Waals surface area contributed by atoms with Gasteiger partial charge in [-0.1, -0.05) is 6.07 Å². The van der Waals surface area contributed by atoms with Crippen molar-refractivity contribution in [3.05, 3.63) is 60.4 Å². The summed E-state index contributed by atoms with van der Waals surface area (Å²) in [6.45, 7) is 6.76. The van der Waals surface area contributed by atoms with Crippen molar-refractivity contribution >= 4 is 11.6 Å². The van der Waals surface area contributed by atoms with Gasteiger partial charge in [-0.15, -0.1) is 0 Å². The van der Waals surface area contributed by atoms with Crippen LogP contribution in [-0.2, 0) is 11.8 Å². The maximum atomic E-state index is 12.2. The van der Waals surface area contributed by atoms with Crippen molar-refractivity contribution in [3.8, 4) is 28.3 Å². The summed E-state index contributed by atoms with van der Waals surface area (Å²) in [5.74, 6) is 0.174. The quantitative estimate of drug-likeness (QED) is 0.463. The third kappa shape index (κ3) is 3.99. The Balaban J connectivity index is 1.43. The van der Waals surface area contributed by atoms with E-state index in [-0.39, 0.29) is 12.0 Å². The number of ether oxygens (including phenoxy) is 1. The van der Waals surface area contributed by atoms with E-state index < -0.39 is 5.60 Å². The Morgan fingerprint density at radius 3 is 2.50 bits per heavy atom. The molecule has 0 aliphatic carbocycles. The van der Waals surface area contributed by atoms with Gasteiger partial charge in [0.15, 0.2) is 0 Å². The lowest BCUT2D eigenvalue weighted by atomic mass is 9.95. The molecule has 0 atom stereocenters. The van der Waals surface area contributed by atoms with Crippen molar-refractivity contribution in [3.63, 3.8) is 0 Å². The Hall–Kier alpha value is -4.19. The summed E-state index contributed by atoms with van der Waals surface area (Å²) in [4.78, 5) is 18.6. The molecule has 9 heteroatoms. The smallest absolute Gasteiger partial charge is 0.410 e. The fourth-order valence-electron chi connectivity index (χ4n) is 4.10. The van der Waals surface area contributed by atoms with Gasteiger partial charge in [0.05, 0.1) is 23.5 Å². The number of aryl methyl sites for hydroxylation is 1. The van der Waals surface area contributed by atoms with Crippen molar-refractivity contribution in [1.29, 1.82) is 5.26 Å². The topological polar surface area (TPSA) is 101 Å². The van der Waals surface area contributed by atoms with E-state index in [4.69, 9.17) is 9.72 Å². The average molecular weight is 456 g/mol. The predicted molar refractivity (Wildman–Crippen MR) is 126 cm³/mol. The van der Waals surface area contributed by atoms with Crippen LogP contribution in [0.15, 0.2) is 49.2 Å². The van der Waals surface area contributed by atoms with Crippen LogP contribution in [0.5, 0.6) is 0 Å². The number of rotatable bonds is 3. The molecular formula is C25H25N7O2. The van der Waals surface area contributed by atoms with Crippen molar-refractivity contribution in [2.24, 2.45) is 7.05 Å². The van der Waals surface area contributed by atoms with Crippen LogP contribution in [0.2, 0.25) is 0 Å². The lowest BCUT2D eigenvalue weighted by Gasteiger charge is -2.39. The number of carbonyl (C=O) groups excluding carboxylic acids is 1. The minimum atomic E-state index is -0.506. The largest absolute Gasteiger partial charge is 0.444 e. The van der Waals surface area contributed by atoms with Crippen LogP contribution in [0, 0.1) is 11.3 Å². The van der Waals surface area contributed by atoms with Crippen molar-refractivity contribution in [2.45, 2.75) is 32.3 Å². The molecule has 0 N–H and O–H groups in total. The minimum absolute atomic E-state index is 0.174. The molecule has 4 aromatic heterocycles. The molecule has 4 aromatic rings. The van der Waals surface area contributed by atoms with Crippen LogP contribution in [0.4, 0.5) is 4.79 Å². The van der Waals surface area contributed by atoms with Gasteiger partial charge in [-0.25, -0.2) is 9.31 Å². The minimum Gasteiger partial charge on any atom is -0.444 e. The number of nitriles is 1. The van der Waals surface area contributed by atoms with E-state index in [0.29, 0.717) is 18.7 Å². The molecule has 5 heterocycles. The highest BCUT2D eigenvalue weighted by Gasteiger charge is 2.35. The molecule has 0 unspecified atom stereocenters. The van der Waals surface area contributed by atoms with Crippen LogP contribution in [-0.4, -0.2) is 54.1 Å². The third-order valence-electron chi connectivity index (χ3n) is 5.82. The van der Waals surface area contributed by atoms with E-state index in [1.54, 1.807) is 26.5 Å². The highest BCUT2D eigenvalue weighted by molar-refractivity contribution is 5.87.